The van der Waals surface area contributed by atoms with E-state index in [1.54, 1.807) is 36.5 Å². The van der Waals surface area contributed by atoms with E-state index in [1.165, 1.54) is 4.90 Å². The van der Waals surface area contributed by atoms with Crippen LogP contribution in [0.4, 0.5) is 5.13 Å². The van der Waals surface area contributed by atoms with E-state index in [-0.39, 0.29) is 24.3 Å². The molecule has 114 valence electrons. The number of carbonyl (C=O) groups excluding carboxylic acids is 2. The first-order valence-electron chi connectivity index (χ1n) is 7.19. The maximum absolute atomic E-state index is 12.6. The van der Waals surface area contributed by atoms with Gasteiger partial charge in [-0.15, -0.1) is 11.3 Å². The van der Waals surface area contributed by atoms with E-state index < -0.39 is 0 Å². The summed E-state index contributed by atoms with van der Waals surface area (Å²) in [6.45, 7) is 2.51. The largest absolute Gasteiger partial charge is 0.347 e. The van der Waals surface area contributed by atoms with E-state index in [1.807, 2.05) is 5.38 Å². The summed E-state index contributed by atoms with van der Waals surface area (Å²) in [5.74, 6) is 0.516. The molecule has 0 aromatic carbocycles. The fourth-order valence-electron chi connectivity index (χ4n) is 3.10. The highest BCUT2D eigenvalue weighted by Gasteiger charge is 2.43. The van der Waals surface area contributed by atoms with Crippen molar-refractivity contribution in [2.45, 2.75) is 6.42 Å². The van der Waals surface area contributed by atoms with Crippen LogP contribution in [-0.2, 0) is 9.59 Å². The van der Waals surface area contributed by atoms with E-state index in [9.17, 15) is 9.59 Å². The standard InChI is InChI=1S/C14H20N4O2S/c1-16(2)12(19)9-17-5-3-10-7-18(8-11(10)13(17)20)14-15-4-6-21-14/h4,6,10-11H,3,5,7-9H2,1-2H3. The van der Waals surface area contributed by atoms with Gasteiger partial charge in [-0.25, -0.2) is 4.98 Å². The molecule has 0 radical (unpaired) electrons. The fourth-order valence-corrected chi connectivity index (χ4v) is 3.76. The first kappa shape index (κ1) is 14.3. The molecule has 21 heavy (non-hydrogen) atoms. The number of aromatic nitrogens is 1. The third-order valence-corrected chi connectivity index (χ3v) is 5.19. The Morgan fingerprint density at radius 2 is 2.29 bits per heavy atom. The van der Waals surface area contributed by atoms with Crippen LogP contribution in [-0.4, -0.2) is 66.9 Å². The van der Waals surface area contributed by atoms with Crippen molar-refractivity contribution < 1.29 is 9.59 Å². The third-order valence-electron chi connectivity index (χ3n) is 4.35. The molecule has 3 heterocycles. The zero-order chi connectivity index (χ0) is 15.0. The fraction of sp³-hybridized carbons (Fsp3) is 0.643. The van der Waals surface area contributed by atoms with E-state index in [0.717, 1.165) is 24.6 Å². The topological polar surface area (TPSA) is 56.8 Å². The van der Waals surface area contributed by atoms with Crippen LogP contribution in [0, 0.1) is 11.8 Å². The second-order valence-corrected chi connectivity index (χ2v) is 6.80. The van der Waals surface area contributed by atoms with Crippen molar-refractivity contribution in [2.75, 3.05) is 45.2 Å². The summed E-state index contributed by atoms with van der Waals surface area (Å²) in [5, 5.41) is 2.95. The summed E-state index contributed by atoms with van der Waals surface area (Å²) < 4.78 is 0. The van der Waals surface area contributed by atoms with Crippen LogP contribution in [0.25, 0.3) is 0 Å². The van der Waals surface area contributed by atoms with Crippen LogP contribution >= 0.6 is 11.3 Å². The van der Waals surface area contributed by atoms with E-state index in [2.05, 4.69) is 9.88 Å². The number of carbonyl (C=O) groups is 2. The number of thiazole rings is 1. The van der Waals surface area contributed by atoms with Crippen LogP contribution in [0.5, 0.6) is 0 Å². The Balaban J connectivity index is 1.66. The number of fused-ring (bicyclic) bond motifs is 1. The molecule has 7 heteroatoms. The maximum atomic E-state index is 12.6. The van der Waals surface area contributed by atoms with Crippen molar-refractivity contribution >= 4 is 28.3 Å². The minimum atomic E-state index is -0.0171. The van der Waals surface area contributed by atoms with Crippen molar-refractivity contribution in [1.29, 1.82) is 0 Å². The number of hydrogen-bond donors (Lipinski definition) is 0. The molecular weight excluding hydrogens is 288 g/mol. The molecule has 0 saturated carbocycles. The molecule has 6 nitrogen and oxygen atoms in total. The molecule has 0 spiro atoms. The molecule has 1 aromatic heterocycles. The lowest BCUT2D eigenvalue weighted by molar-refractivity contribution is -0.145. The van der Waals surface area contributed by atoms with Crippen LogP contribution in [0.3, 0.4) is 0 Å². The molecule has 2 amide bonds. The lowest BCUT2D eigenvalue weighted by Crippen LogP contribution is -2.49. The van der Waals surface area contributed by atoms with Gasteiger partial charge in [0.15, 0.2) is 5.13 Å². The summed E-state index contributed by atoms with van der Waals surface area (Å²) in [6.07, 6.45) is 2.77. The number of nitrogens with zero attached hydrogens (tertiary/aromatic N) is 4. The Morgan fingerprint density at radius 3 is 2.95 bits per heavy atom. The number of piperidine rings is 1. The summed E-state index contributed by atoms with van der Waals surface area (Å²) in [5.41, 5.74) is 0. The highest BCUT2D eigenvalue weighted by atomic mass is 32.1. The van der Waals surface area contributed by atoms with E-state index in [4.69, 9.17) is 0 Å². The van der Waals surface area contributed by atoms with Crippen molar-refractivity contribution in [3.05, 3.63) is 11.6 Å². The van der Waals surface area contributed by atoms with Gasteiger partial charge in [0.25, 0.3) is 0 Å². The smallest absolute Gasteiger partial charge is 0.241 e. The second kappa shape index (κ2) is 5.63. The molecule has 0 N–H and O–H groups in total. The Bertz CT molecular complexity index is 531. The minimum absolute atomic E-state index is 0.0117. The monoisotopic (exact) mass is 308 g/mol. The lowest BCUT2D eigenvalue weighted by atomic mass is 9.88. The Morgan fingerprint density at radius 1 is 1.48 bits per heavy atom. The number of likely N-dealkylation sites (N-methyl/N-ethyl adjacent to an activating group) is 1. The third kappa shape index (κ3) is 2.74. The lowest BCUT2D eigenvalue weighted by Gasteiger charge is -2.33. The predicted molar refractivity (Wildman–Crippen MR) is 81.2 cm³/mol. The average Bonchev–Trinajstić information content (AvgIpc) is 3.09. The van der Waals surface area contributed by atoms with Crippen LogP contribution in [0.1, 0.15) is 6.42 Å². The molecule has 2 unspecified atom stereocenters. The van der Waals surface area contributed by atoms with Crippen LogP contribution in [0.2, 0.25) is 0 Å². The van der Waals surface area contributed by atoms with Gasteiger partial charge in [-0.05, 0) is 12.3 Å². The van der Waals surface area contributed by atoms with Gasteiger partial charge in [-0.1, -0.05) is 0 Å². The number of anilines is 1. The molecular formula is C14H20N4O2S. The zero-order valence-electron chi connectivity index (χ0n) is 12.4. The Labute approximate surface area is 128 Å². The molecule has 2 saturated heterocycles. The molecule has 2 aliphatic heterocycles. The first-order valence-corrected chi connectivity index (χ1v) is 8.07. The molecule has 0 aliphatic carbocycles. The zero-order valence-corrected chi connectivity index (χ0v) is 13.2. The highest BCUT2D eigenvalue weighted by Crippen LogP contribution is 2.35. The van der Waals surface area contributed by atoms with Gasteiger partial charge >= 0.3 is 0 Å². The van der Waals surface area contributed by atoms with Crippen LogP contribution in [0.15, 0.2) is 11.6 Å². The first-order chi connectivity index (χ1) is 10.1. The highest BCUT2D eigenvalue weighted by molar-refractivity contribution is 7.13. The predicted octanol–water partition coefficient (Wildman–Crippen LogP) is 0.516. The summed E-state index contributed by atoms with van der Waals surface area (Å²) in [4.78, 5) is 34.2. The Kier molecular flexibility index (Phi) is 3.84. The number of amides is 2. The molecule has 3 rings (SSSR count). The van der Waals surface area contributed by atoms with Gasteiger partial charge in [0.05, 0.1) is 12.5 Å². The molecule has 0 bridgehead atoms. The number of likely N-dealkylation sites (tertiary alicyclic amines) is 1. The Hall–Kier alpha value is -1.63. The van der Waals surface area contributed by atoms with Crippen molar-refractivity contribution in [1.82, 2.24) is 14.8 Å². The molecule has 2 atom stereocenters. The van der Waals surface area contributed by atoms with Crippen molar-refractivity contribution in [3.63, 3.8) is 0 Å². The van der Waals surface area contributed by atoms with Gasteiger partial charge in [0, 0.05) is 45.3 Å². The molecule has 2 fully saturated rings. The van der Waals surface area contributed by atoms with Crippen molar-refractivity contribution in [3.8, 4) is 0 Å². The SMILES string of the molecule is CN(C)C(=O)CN1CCC2CN(c3nccs3)CC2C1=O. The van der Waals surface area contributed by atoms with Crippen molar-refractivity contribution in [2.24, 2.45) is 11.8 Å². The number of hydrogen-bond acceptors (Lipinski definition) is 5. The van der Waals surface area contributed by atoms with Gasteiger partial charge in [0.1, 0.15) is 0 Å². The van der Waals surface area contributed by atoms with Gasteiger partial charge in [-0.3, -0.25) is 9.59 Å². The van der Waals surface area contributed by atoms with Gasteiger partial charge in [0.2, 0.25) is 11.8 Å². The molecule has 2 aliphatic rings. The van der Waals surface area contributed by atoms with Crippen LogP contribution < -0.4 is 4.90 Å². The summed E-state index contributed by atoms with van der Waals surface area (Å²) >= 11 is 1.61. The second-order valence-electron chi connectivity index (χ2n) is 5.92. The normalized spacial score (nSPS) is 25.1. The quantitative estimate of drug-likeness (QED) is 0.817. The van der Waals surface area contributed by atoms with Gasteiger partial charge in [-0.2, -0.15) is 0 Å². The van der Waals surface area contributed by atoms with E-state index in [0.29, 0.717) is 12.5 Å². The number of rotatable bonds is 3. The van der Waals surface area contributed by atoms with Gasteiger partial charge < -0.3 is 14.7 Å². The molecule has 1 aromatic rings. The average molecular weight is 308 g/mol. The summed E-state index contributed by atoms with van der Waals surface area (Å²) in [6, 6.07) is 0. The van der Waals surface area contributed by atoms with E-state index >= 15 is 0 Å². The maximum Gasteiger partial charge on any atom is 0.241 e. The minimum Gasteiger partial charge on any atom is -0.347 e. The summed E-state index contributed by atoms with van der Waals surface area (Å²) in [7, 11) is 3.44.